The molecular weight excluding hydrogens is 528 g/mol. The molecule has 9 nitrogen and oxygen atoms in total. The summed E-state index contributed by atoms with van der Waals surface area (Å²) >= 11 is 0. The monoisotopic (exact) mass is 584 g/mol. The summed E-state index contributed by atoms with van der Waals surface area (Å²) in [5.41, 5.74) is -0.295. The Balaban J connectivity index is 1.27. The molecule has 0 aromatic rings. The fourth-order valence-electron chi connectivity index (χ4n) is 10.7. The molecule has 5 fully saturated rings. The Morgan fingerprint density at radius 1 is 0.780 bits per heavy atom. The summed E-state index contributed by atoms with van der Waals surface area (Å²) in [6.45, 7) is 10.6. The van der Waals surface area contributed by atoms with Gasteiger partial charge >= 0.3 is 0 Å². The fourth-order valence-corrected chi connectivity index (χ4v) is 10.7. The summed E-state index contributed by atoms with van der Waals surface area (Å²) < 4.78 is 11.7. The van der Waals surface area contributed by atoms with Gasteiger partial charge in [-0.15, -0.1) is 0 Å². The molecule has 0 aromatic heterocycles. The molecule has 1 saturated heterocycles. The average molecular weight is 585 g/mol. The van der Waals surface area contributed by atoms with Crippen LogP contribution in [0, 0.1) is 52.3 Å². The highest BCUT2D eigenvalue weighted by atomic mass is 16.7. The van der Waals surface area contributed by atoms with E-state index in [0.717, 1.165) is 38.5 Å². The largest absolute Gasteiger partial charge is 0.394 e. The molecule has 0 amide bonds. The number of rotatable bonds is 8. The lowest BCUT2D eigenvalue weighted by Crippen LogP contribution is -2.63. The van der Waals surface area contributed by atoms with Crippen LogP contribution >= 0.6 is 0 Å². The molecule has 41 heavy (non-hydrogen) atoms. The molecule has 1 heterocycles. The third kappa shape index (κ3) is 5.33. The Morgan fingerprint density at radius 3 is 2.07 bits per heavy atom. The second kappa shape index (κ2) is 11.9. The molecule has 0 unspecified atom stereocenters. The molecule has 238 valence electrons. The van der Waals surface area contributed by atoms with Crippen LogP contribution in [-0.4, -0.2) is 97.5 Å². The van der Waals surface area contributed by atoms with E-state index >= 15 is 0 Å². The molecule has 9 heteroatoms. The Morgan fingerprint density at radius 2 is 1.44 bits per heavy atom. The van der Waals surface area contributed by atoms with E-state index in [1.54, 1.807) is 0 Å². The van der Waals surface area contributed by atoms with Gasteiger partial charge in [-0.1, -0.05) is 34.6 Å². The maximum Gasteiger partial charge on any atom is 0.186 e. The molecule has 0 aromatic carbocycles. The highest BCUT2D eigenvalue weighted by Crippen LogP contribution is 2.68. The maximum atomic E-state index is 11.6. The van der Waals surface area contributed by atoms with Crippen molar-refractivity contribution in [1.82, 2.24) is 0 Å². The van der Waals surface area contributed by atoms with Crippen molar-refractivity contribution in [2.45, 2.75) is 141 Å². The first-order valence-electron chi connectivity index (χ1n) is 16.2. The number of fused-ring (bicyclic) bond motifs is 5. The van der Waals surface area contributed by atoms with E-state index in [2.05, 4.69) is 34.6 Å². The minimum atomic E-state index is -1.20. The minimum absolute atomic E-state index is 0.0485. The van der Waals surface area contributed by atoms with Gasteiger partial charge in [0.05, 0.1) is 37.1 Å². The minimum Gasteiger partial charge on any atom is -0.394 e. The van der Waals surface area contributed by atoms with Crippen molar-refractivity contribution in [3.8, 4) is 0 Å². The lowest BCUT2D eigenvalue weighted by molar-refractivity contribution is -0.218. The van der Waals surface area contributed by atoms with Gasteiger partial charge in [-0.2, -0.15) is 0 Å². The van der Waals surface area contributed by atoms with Crippen molar-refractivity contribution in [3.05, 3.63) is 0 Å². The van der Waals surface area contributed by atoms with Gasteiger partial charge in [0.2, 0.25) is 0 Å². The average Bonchev–Trinajstić information content (AvgIpc) is 3.35. The van der Waals surface area contributed by atoms with E-state index < -0.39 is 49.0 Å². The predicted molar refractivity (Wildman–Crippen MR) is 151 cm³/mol. The van der Waals surface area contributed by atoms with E-state index in [4.69, 9.17) is 9.47 Å². The van der Waals surface area contributed by atoms with Gasteiger partial charge in [0, 0.05) is 5.92 Å². The van der Waals surface area contributed by atoms with Gasteiger partial charge in [-0.3, -0.25) is 0 Å². The van der Waals surface area contributed by atoms with Gasteiger partial charge in [0.15, 0.2) is 6.29 Å². The molecule has 5 rings (SSSR count). The molecule has 17 atom stereocenters. The number of aliphatic hydroxyl groups excluding tert-OH is 7. The van der Waals surface area contributed by atoms with Gasteiger partial charge in [0.1, 0.15) is 18.3 Å². The lowest BCUT2D eigenvalue weighted by atomic mass is 9.43. The van der Waals surface area contributed by atoms with Crippen LogP contribution in [0.1, 0.15) is 86.0 Å². The topological polar surface area (TPSA) is 160 Å². The second-order valence-corrected chi connectivity index (χ2v) is 15.4. The standard InChI is InChI=1S/C32H56O9/c1-15(2)23(40-30-29(39)28(38)24(14-33)41-30)7-6-16(3)19-13-22(36)25-17-12-21(35)26-27(37)20(34)9-11-31(26,4)18(17)8-10-32(19,25)5/h15-30,33-39H,6-14H2,1-5H3/t16-,17-,18+,19-,20+,21+,22-,23+,24-,25-,26+,27+,28+,29-,30-,31-,32-/m1/s1. The van der Waals surface area contributed by atoms with Crippen molar-refractivity contribution in [3.63, 3.8) is 0 Å². The van der Waals surface area contributed by atoms with Crippen LogP contribution in [0.5, 0.6) is 0 Å². The SMILES string of the molecule is CC(C)[C@H](CC[C@@H](C)[C@H]1C[C@@H](O)[C@H]2[C@@H]3C[C@H](O)[C@H]4[C@@H](O)[C@@H](O)CC[C@]4(C)[C@H]3CC[C@@]21C)O[C@@H]1O[C@H](CO)[C@H](O)[C@H]1O. The van der Waals surface area contributed by atoms with Gasteiger partial charge in [-0.05, 0) is 97.7 Å². The summed E-state index contributed by atoms with van der Waals surface area (Å²) in [6.07, 6.45) is -0.872. The Kier molecular flexibility index (Phi) is 9.27. The smallest absolute Gasteiger partial charge is 0.186 e. The van der Waals surface area contributed by atoms with E-state index in [9.17, 15) is 35.7 Å². The first-order valence-corrected chi connectivity index (χ1v) is 16.2. The number of aliphatic hydroxyl groups is 7. The first kappa shape index (κ1) is 32.0. The van der Waals surface area contributed by atoms with Crippen molar-refractivity contribution in [2.75, 3.05) is 6.61 Å². The third-order valence-electron chi connectivity index (χ3n) is 12.9. The molecule has 4 aliphatic carbocycles. The zero-order valence-electron chi connectivity index (χ0n) is 25.5. The van der Waals surface area contributed by atoms with Crippen LogP contribution in [0.25, 0.3) is 0 Å². The molecule has 0 radical (unpaired) electrons. The highest BCUT2D eigenvalue weighted by molar-refractivity contribution is 5.14. The molecule has 1 aliphatic heterocycles. The van der Waals surface area contributed by atoms with Crippen molar-refractivity contribution < 1.29 is 45.2 Å². The summed E-state index contributed by atoms with van der Waals surface area (Å²) in [6, 6.07) is 0. The van der Waals surface area contributed by atoms with Crippen LogP contribution < -0.4 is 0 Å². The molecule has 4 saturated carbocycles. The van der Waals surface area contributed by atoms with Gasteiger partial charge in [-0.25, -0.2) is 0 Å². The maximum absolute atomic E-state index is 11.6. The zero-order chi connectivity index (χ0) is 30.0. The van der Waals surface area contributed by atoms with E-state index in [0.29, 0.717) is 30.6 Å². The van der Waals surface area contributed by atoms with Gasteiger partial charge in [0.25, 0.3) is 0 Å². The Labute approximate surface area is 245 Å². The second-order valence-electron chi connectivity index (χ2n) is 15.4. The molecule has 0 spiro atoms. The molecule has 7 N–H and O–H groups in total. The molecule has 5 aliphatic rings. The van der Waals surface area contributed by atoms with Crippen LogP contribution in [0.15, 0.2) is 0 Å². The Hall–Kier alpha value is -0.360. The number of hydrogen-bond donors (Lipinski definition) is 7. The molecular formula is C32H56O9. The normalized spacial score (nSPS) is 53.0. The lowest BCUT2D eigenvalue weighted by Gasteiger charge is -2.63. The summed E-state index contributed by atoms with van der Waals surface area (Å²) in [5.74, 6) is 1.10. The van der Waals surface area contributed by atoms with E-state index in [-0.39, 0.29) is 47.2 Å². The van der Waals surface area contributed by atoms with Crippen molar-refractivity contribution in [2.24, 2.45) is 52.3 Å². The Bertz CT molecular complexity index is 902. The highest BCUT2D eigenvalue weighted by Gasteiger charge is 2.66. The fraction of sp³-hybridized carbons (Fsp3) is 1.00. The summed E-state index contributed by atoms with van der Waals surface area (Å²) in [4.78, 5) is 0. The van der Waals surface area contributed by atoms with Gasteiger partial charge < -0.3 is 45.2 Å². The quantitative estimate of drug-likeness (QED) is 0.226. The number of ether oxygens (including phenoxy) is 2. The van der Waals surface area contributed by atoms with E-state index in [1.165, 1.54) is 0 Å². The zero-order valence-corrected chi connectivity index (χ0v) is 25.5. The van der Waals surface area contributed by atoms with Crippen molar-refractivity contribution in [1.29, 1.82) is 0 Å². The third-order valence-corrected chi connectivity index (χ3v) is 12.9. The first-order chi connectivity index (χ1) is 19.2. The van der Waals surface area contributed by atoms with Crippen LogP contribution in [0.3, 0.4) is 0 Å². The molecule has 0 bridgehead atoms. The predicted octanol–water partition coefficient (Wildman–Crippen LogP) is 1.82. The summed E-state index contributed by atoms with van der Waals surface area (Å²) in [7, 11) is 0. The van der Waals surface area contributed by atoms with Crippen molar-refractivity contribution >= 4 is 0 Å². The van der Waals surface area contributed by atoms with Crippen LogP contribution in [0.2, 0.25) is 0 Å². The van der Waals surface area contributed by atoms with Crippen LogP contribution in [0.4, 0.5) is 0 Å². The van der Waals surface area contributed by atoms with Crippen LogP contribution in [-0.2, 0) is 9.47 Å². The number of hydrogen-bond acceptors (Lipinski definition) is 9. The van der Waals surface area contributed by atoms with E-state index in [1.807, 2.05) is 0 Å². The summed E-state index contributed by atoms with van der Waals surface area (Å²) in [5, 5.41) is 74.1.